The molecule has 0 bridgehead atoms. The second-order valence-electron chi connectivity index (χ2n) is 5.47. The molecule has 1 heterocycles. The lowest BCUT2D eigenvalue weighted by Crippen LogP contribution is -2.02. The summed E-state index contributed by atoms with van der Waals surface area (Å²) < 4.78 is 5.34. The number of methoxy groups -OCH3 is 1. The largest absolute Gasteiger partial charge is 0.495 e. The van der Waals surface area contributed by atoms with E-state index < -0.39 is 0 Å². The topological polar surface area (TPSA) is 82.9 Å². The van der Waals surface area contributed by atoms with Crippen molar-refractivity contribution in [3.05, 3.63) is 64.9 Å². The molecule has 130 valence electrons. The molecule has 0 aliphatic heterocycles. The number of nitrogens with one attached hydrogen (secondary N) is 2. The van der Waals surface area contributed by atoms with Gasteiger partial charge < -0.3 is 15.4 Å². The molecule has 6 nitrogen and oxygen atoms in total. The van der Waals surface area contributed by atoms with Gasteiger partial charge in [-0.2, -0.15) is 5.26 Å². The van der Waals surface area contributed by atoms with Crippen LogP contribution in [-0.4, -0.2) is 17.1 Å². The predicted octanol–water partition coefficient (Wildman–Crippen LogP) is 4.81. The van der Waals surface area contributed by atoms with Crippen LogP contribution in [0.1, 0.15) is 11.4 Å². The van der Waals surface area contributed by atoms with Crippen molar-refractivity contribution in [3.8, 4) is 11.8 Å². The third kappa shape index (κ3) is 4.21. The summed E-state index contributed by atoms with van der Waals surface area (Å²) in [5, 5.41) is 15.9. The summed E-state index contributed by atoms with van der Waals surface area (Å²) in [6, 6.07) is 16.3. The lowest BCUT2D eigenvalue weighted by molar-refractivity contribution is 0.417. The van der Waals surface area contributed by atoms with Crippen LogP contribution in [-0.2, 0) is 0 Å². The van der Waals surface area contributed by atoms with Crippen LogP contribution in [0.4, 0.5) is 23.0 Å². The standard InChI is InChI=1S/C19H16ClN5O/c1-12-22-18(24-15-6-3-13(11-21)4-7-15)10-19(23-12)25-16-9-14(20)5-8-17(16)26-2/h3-10H,1-2H3,(H2,22,23,24,25). The highest BCUT2D eigenvalue weighted by molar-refractivity contribution is 6.31. The Morgan fingerprint density at radius 2 is 1.69 bits per heavy atom. The van der Waals surface area contributed by atoms with Crippen molar-refractivity contribution in [2.24, 2.45) is 0 Å². The molecule has 3 rings (SSSR count). The molecule has 0 saturated carbocycles. The number of ether oxygens (including phenoxy) is 1. The summed E-state index contributed by atoms with van der Waals surface area (Å²) in [4.78, 5) is 8.79. The van der Waals surface area contributed by atoms with Gasteiger partial charge in [0, 0.05) is 16.8 Å². The van der Waals surface area contributed by atoms with Crippen LogP contribution in [0.3, 0.4) is 0 Å². The zero-order chi connectivity index (χ0) is 18.5. The molecule has 0 radical (unpaired) electrons. The minimum atomic E-state index is 0.593. The molecule has 3 aromatic rings. The number of rotatable bonds is 5. The van der Waals surface area contributed by atoms with E-state index in [0.717, 1.165) is 5.69 Å². The van der Waals surface area contributed by atoms with Crippen molar-refractivity contribution < 1.29 is 4.74 Å². The predicted molar refractivity (Wildman–Crippen MR) is 102 cm³/mol. The number of halogens is 1. The Hall–Kier alpha value is -3.30. The Morgan fingerprint density at radius 3 is 2.35 bits per heavy atom. The smallest absolute Gasteiger partial charge is 0.142 e. The first-order valence-electron chi connectivity index (χ1n) is 7.81. The van der Waals surface area contributed by atoms with Gasteiger partial charge in [-0.3, -0.25) is 0 Å². The second kappa shape index (κ2) is 7.72. The fourth-order valence-corrected chi connectivity index (χ4v) is 2.56. The second-order valence-corrected chi connectivity index (χ2v) is 5.91. The van der Waals surface area contributed by atoms with Crippen molar-refractivity contribution in [1.29, 1.82) is 5.26 Å². The number of nitriles is 1. The normalized spacial score (nSPS) is 10.1. The van der Waals surface area contributed by atoms with E-state index in [-0.39, 0.29) is 0 Å². The monoisotopic (exact) mass is 365 g/mol. The molecular weight excluding hydrogens is 350 g/mol. The summed E-state index contributed by atoms with van der Waals surface area (Å²) in [6.07, 6.45) is 0. The zero-order valence-electron chi connectivity index (χ0n) is 14.2. The van der Waals surface area contributed by atoms with Crippen molar-refractivity contribution in [2.45, 2.75) is 6.92 Å². The van der Waals surface area contributed by atoms with Crippen LogP contribution in [0.5, 0.6) is 5.75 Å². The maximum atomic E-state index is 8.87. The van der Waals surface area contributed by atoms with E-state index in [2.05, 4.69) is 26.7 Å². The Kier molecular flexibility index (Phi) is 5.20. The number of anilines is 4. The summed E-state index contributed by atoms with van der Waals surface area (Å²) in [6.45, 7) is 1.81. The van der Waals surface area contributed by atoms with Gasteiger partial charge in [-0.15, -0.1) is 0 Å². The van der Waals surface area contributed by atoms with E-state index in [1.165, 1.54) is 0 Å². The molecule has 0 fully saturated rings. The van der Waals surface area contributed by atoms with E-state index in [0.29, 0.717) is 39.5 Å². The van der Waals surface area contributed by atoms with Crippen molar-refractivity contribution >= 4 is 34.6 Å². The van der Waals surface area contributed by atoms with Gasteiger partial charge in [0.05, 0.1) is 24.4 Å². The average molecular weight is 366 g/mol. The molecule has 1 aromatic heterocycles. The Bertz CT molecular complexity index is 967. The molecule has 0 spiro atoms. The number of aromatic nitrogens is 2. The highest BCUT2D eigenvalue weighted by Gasteiger charge is 2.08. The Balaban J connectivity index is 1.85. The highest BCUT2D eigenvalue weighted by atomic mass is 35.5. The Labute approximate surface area is 156 Å². The minimum absolute atomic E-state index is 0.593. The first-order chi connectivity index (χ1) is 12.6. The van der Waals surface area contributed by atoms with Gasteiger partial charge in [-0.25, -0.2) is 9.97 Å². The van der Waals surface area contributed by atoms with Crippen molar-refractivity contribution in [3.63, 3.8) is 0 Å². The fraction of sp³-hybridized carbons (Fsp3) is 0.105. The van der Waals surface area contributed by atoms with Gasteiger partial charge in [-0.1, -0.05) is 11.6 Å². The quantitative estimate of drug-likeness (QED) is 0.675. The summed E-state index contributed by atoms with van der Waals surface area (Å²) in [5.74, 6) is 2.50. The summed E-state index contributed by atoms with van der Waals surface area (Å²) in [5.41, 5.74) is 2.14. The number of hydrogen-bond acceptors (Lipinski definition) is 6. The molecule has 0 unspecified atom stereocenters. The first kappa shape index (κ1) is 17.5. The van der Waals surface area contributed by atoms with Crippen LogP contribution in [0.25, 0.3) is 0 Å². The van der Waals surface area contributed by atoms with E-state index in [4.69, 9.17) is 21.6 Å². The summed E-state index contributed by atoms with van der Waals surface area (Å²) >= 11 is 6.07. The molecule has 2 N–H and O–H groups in total. The molecule has 26 heavy (non-hydrogen) atoms. The van der Waals surface area contributed by atoms with Crippen LogP contribution in [0, 0.1) is 18.3 Å². The molecule has 0 aliphatic carbocycles. The minimum Gasteiger partial charge on any atom is -0.495 e. The third-order valence-electron chi connectivity index (χ3n) is 3.55. The molecule has 2 aromatic carbocycles. The van der Waals surface area contributed by atoms with Crippen LogP contribution in [0.15, 0.2) is 48.5 Å². The lowest BCUT2D eigenvalue weighted by atomic mass is 10.2. The van der Waals surface area contributed by atoms with E-state index >= 15 is 0 Å². The third-order valence-corrected chi connectivity index (χ3v) is 3.78. The Morgan fingerprint density at radius 1 is 1.00 bits per heavy atom. The molecule has 0 amide bonds. The van der Waals surface area contributed by atoms with Gasteiger partial charge in [-0.05, 0) is 49.4 Å². The van der Waals surface area contributed by atoms with Gasteiger partial charge in [0.15, 0.2) is 0 Å². The van der Waals surface area contributed by atoms with Gasteiger partial charge >= 0.3 is 0 Å². The van der Waals surface area contributed by atoms with Gasteiger partial charge in [0.2, 0.25) is 0 Å². The number of aryl methyl sites for hydroxylation is 1. The van der Waals surface area contributed by atoms with Crippen LogP contribution < -0.4 is 15.4 Å². The van der Waals surface area contributed by atoms with Gasteiger partial charge in [0.25, 0.3) is 0 Å². The molecular formula is C19H16ClN5O. The number of nitrogens with zero attached hydrogens (tertiary/aromatic N) is 3. The maximum Gasteiger partial charge on any atom is 0.142 e. The van der Waals surface area contributed by atoms with Crippen molar-refractivity contribution in [2.75, 3.05) is 17.7 Å². The zero-order valence-corrected chi connectivity index (χ0v) is 15.0. The van der Waals surface area contributed by atoms with E-state index in [9.17, 15) is 0 Å². The SMILES string of the molecule is COc1ccc(Cl)cc1Nc1cc(Nc2ccc(C#N)cc2)nc(C)n1. The fourth-order valence-electron chi connectivity index (χ4n) is 2.39. The molecule has 0 saturated heterocycles. The average Bonchev–Trinajstić information content (AvgIpc) is 2.62. The van der Waals surface area contributed by atoms with Crippen molar-refractivity contribution in [1.82, 2.24) is 9.97 Å². The molecule has 7 heteroatoms. The van der Waals surface area contributed by atoms with Crippen LogP contribution >= 0.6 is 11.6 Å². The molecule has 0 atom stereocenters. The van der Waals surface area contributed by atoms with E-state index in [1.54, 1.807) is 43.5 Å². The maximum absolute atomic E-state index is 8.87. The number of hydrogen-bond donors (Lipinski definition) is 2. The highest BCUT2D eigenvalue weighted by Crippen LogP contribution is 2.30. The van der Waals surface area contributed by atoms with Gasteiger partial charge in [0.1, 0.15) is 23.2 Å². The number of benzene rings is 2. The lowest BCUT2D eigenvalue weighted by Gasteiger charge is -2.13. The van der Waals surface area contributed by atoms with Crippen LogP contribution in [0.2, 0.25) is 5.02 Å². The van der Waals surface area contributed by atoms with E-state index in [1.807, 2.05) is 19.1 Å². The summed E-state index contributed by atoms with van der Waals surface area (Å²) in [7, 11) is 1.59. The first-order valence-corrected chi connectivity index (χ1v) is 8.18. The molecule has 0 aliphatic rings.